The predicted octanol–water partition coefficient (Wildman–Crippen LogP) is 5.32. The monoisotopic (exact) mass is 528 g/mol. The van der Waals surface area contributed by atoms with Crippen molar-refractivity contribution in [3.63, 3.8) is 0 Å². The lowest BCUT2D eigenvalue weighted by Crippen LogP contribution is -2.29. The third-order valence-corrected chi connectivity index (χ3v) is 7.72. The fraction of sp³-hybridized carbons (Fsp3) is 0.207. The summed E-state index contributed by atoms with van der Waals surface area (Å²) in [5.41, 5.74) is 3.80. The van der Waals surface area contributed by atoms with Crippen molar-refractivity contribution in [2.75, 3.05) is 25.2 Å². The molecule has 0 radical (unpaired) electrons. The molecule has 192 valence electrons. The van der Waals surface area contributed by atoms with Gasteiger partial charge < -0.3 is 19.3 Å². The van der Waals surface area contributed by atoms with E-state index in [2.05, 4.69) is 0 Å². The van der Waals surface area contributed by atoms with Gasteiger partial charge in [-0.2, -0.15) is 0 Å². The van der Waals surface area contributed by atoms with Crippen LogP contribution in [-0.2, 0) is 9.59 Å². The van der Waals surface area contributed by atoms with E-state index in [1.54, 1.807) is 49.6 Å². The number of carbonyl (C=O) groups is 2. The molecule has 1 atom stereocenters. The quantitative estimate of drug-likeness (QED) is 0.218. The van der Waals surface area contributed by atoms with E-state index in [9.17, 15) is 14.7 Å². The molecule has 4 aromatic rings. The van der Waals surface area contributed by atoms with Gasteiger partial charge in [-0.1, -0.05) is 29.5 Å². The molecule has 6 rings (SSSR count). The van der Waals surface area contributed by atoms with Gasteiger partial charge in [0.05, 0.1) is 28.9 Å². The molecule has 1 aromatic heterocycles. The molecular formula is C29H24N2O6S. The third-order valence-electron chi connectivity index (χ3n) is 6.72. The number of ketones is 1. The van der Waals surface area contributed by atoms with Gasteiger partial charge in [-0.15, -0.1) is 0 Å². The number of fused-ring (bicyclic) bond motifs is 2. The molecule has 2 aliphatic rings. The third kappa shape index (κ3) is 3.86. The maximum atomic E-state index is 13.5. The van der Waals surface area contributed by atoms with E-state index in [4.69, 9.17) is 19.2 Å². The largest absolute Gasteiger partial charge is 0.507 e. The number of carbonyl (C=O) groups excluding carboxylic acids is 2. The van der Waals surface area contributed by atoms with Gasteiger partial charge in [0.25, 0.3) is 5.78 Å². The van der Waals surface area contributed by atoms with E-state index in [0.29, 0.717) is 46.7 Å². The van der Waals surface area contributed by atoms with Crippen molar-refractivity contribution in [2.45, 2.75) is 19.9 Å². The molecule has 1 N–H and O–H groups in total. The molecule has 1 amide bonds. The van der Waals surface area contributed by atoms with Crippen LogP contribution in [0.25, 0.3) is 16.0 Å². The zero-order valence-corrected chi connectivity index (χ0v) is 21.8. The van der Waals surface area contributed by atoms with Crippen LogP contribution in [0.1, 0.15) is 28.3 Å². The zero-order valence-electron chi connectivity index (χ0n) is 21.0. The number of aromatic nitrogens is 1. The molecule has 1 fully saturated rings. The first-order valence-corrected chi connectivity index (χ1v) is 12.9. The molecule has 1 saturated heterocycles. The van der Waals surface area contributed by atoms with E-state index >= 15 is 0 Å². The molecule has 0 spiro atoms. The Morgan fingerprint density at radius 1 is 1.03 bits per heavy atom. The number of hydrogen-bond donors (Lipinski definition) is 1. The van der Waals surface area contributed by atoms with Gasteiger partial charge >= 0.3 is 5.91 Å². The predicted molar refractivity (Wildman–Crippen MR) is 144 cm³/mol. The Kier molecular flexibility index (Phi) is 5.80. The molecule has 3 aromatic carbocycles. The first kappa shape index (κ1) is 24.0. The topological polar surface area (TPSA) is 98.2 Å². The van der Waals surface area contributed by atoms with E-state index < -0.39 is 17.7 Å². The molecular weight excluding hydrogens is 504 g/mol. The number of thiazole rings is 1. The van der Waals surface area contributed by atoms with Crippen molar-refractivity contribution in [3.05, 3.63) is 82.4 Å². The number of benzene rings is 3. The molecule has 0 saturated carbocycles. The van der Waals surface area contributed by atoms with Crippen molar-refractivity contribution < 1.29 is 28.9 Å². The summed E-state index contributed by atoms with van der Waals surface area (Å²) in [4.78, 5) is 33.2. The van der Waals surface area contributed by atoms with Crippen LogP contribution >= 0.6 is 11.3 Å². The standard InChI is InChI=1S/C29H24N2O6S/c1-15-12-16(2)24-22(13-15)38-29(30-24)31-25(17-4-7-19(35-3)8-5-17)23(27(33)28(31)34)26(32)18-6-9-20-21(14-18)37-11-10-36-20/h4-9,12-14,25,32H,10-11H2,1-3H3. The lowest BCUT2D eigenvalue weighted by molar-refractivity contribution is -0.132. The van der Waals surface area contributed by atoms with Crippen LogP contribution in [0.4, 0.5) is 5.13 Å². The SMILES string of the molecule is COc1ccc(C2C(=C(O)c3ccc4c(c3)OCCO4)C(=O)C(=O)N2c2nc3c(C)cc(C)cc3s2)cc1. The number of aliphatic hydroxyl groups excluding tert-OH is 1. The molecule has 8 nitrogen and oxygen atoms in total. The van der Waals surface area contributed by atoms with Crippen LogP contribution in [0.5, 0.6) is 17.2 Å². The summed E-state index contributed by atoms with van der Waals surface area (Å²) in [7, 11) is 1.56. The van der Waals surface area contributed by atoms with Gasteiger partial charge in [0.1, 0.15) is 24.7 Å². The fourth-order valence-corrected chi connectivity index (χ4v) is 6.11. The first-order valence-electron chi connectivity index (χ1n) is 12.1. The second kappa shape index (κ2) is 9.18. The normalized spacial score (nSPS) is 18.3. The average molecular weight is 529 g/mol. The lowest BCUT2D eigenvalue weighted by Gasteiger charge is -2.23. The van der Waals surface area contributed by atoms with E-state index in [-0.39, 0.29) is 11.3 Å². The average Bonchev–Trinajstić information content (AvgIpc) is 3.46. The van der Waals surface area contributed by atoms with Crippen LogP contribution < -0.4 is 19.1 Å². The summed E-state index contributed by atoms with van der Waals surface area (Å²) < 4.78 is 17.5. The number of methoxy groups -OCH3 is 1. The maximum absolute atomic E-state index is 13.5. The summed E-state index contributed by atoms with van der Waals surface area (Å²) in [6.07, 6.45) is 0. The van der Waals surface area contributed by atoms with Crippen LogP contribution in [0.15, 0.2) is 60.2 Å². The van der Waals surface area contributed by atoms with Crippen molar-refractivity contribution >= 4 is 44.1 Å². The first-order chi connectivity index (χ1) is 18.4. The highest BCUT2D eigenvalue weighted by Gasteiger charge is 2.48. The van der Waals surface area contributed by atoms with Crippen LogP contribution in [0.3, 0.4) is 0 Å². The van der Waals surface area contributed by atoms with Crippen molar-refractivity contribution in [3.8, 4) is 17.2 Å². The highest BCUT2D eigenvalue weighted by Crippen LogP contribution is 2.45. The molecule has 0 bridgehead atoms. The van der Waals surface area contributed by atoms with E-state index in [1.165, 1.54) is 16.2 Å². The second-order valence-electron chi connectivity index (χ2n) is 9.23. The summed E-state index contributed by atoms with van der Waals surface area (Å²) in [6.45, 7) is 4.78. The van der Waals surface area contributed by atoms with Gasteiger partial charge in [0, 0.05) is 5.56 Å². The fourth-order valence-electron chi connectivity index (χ4n) is 4.94. The van der Waals surface area contributed by atoms with Gasteiger partial charge in [-0.05, 0) is 66.9 Å². The maximum Gasteiger partial charge on any atom is 0.301 e. The Morgan fingerprint density at radius 2 is 1.76 bits per heavy atom. The zero-order chi connectivity index (χ0) is 26.6. The number of aryl methyl sites for hydroxylation is 2. The minimum Gasteiger partial charge on any atom is -0.507 e. The summed E-state index contributed by atoms with van der Waals surface area (Å²) in [5, 5.41) is 11.9. The molecule has 2 aliphatic heterocycles. The number of anilines is 1. The summed E-state index contributed by atoms with van der Waals surface area (Å²) in [6, 6.07) is 15.2. The van der Waals surface area contributed by atoms with Gasteiger partial charge in [-0.3, -0.25) is 14.5 Å². The smallest absolute Gasteiger partial charge is 0.301 e. The minimum atomic E-state index is -0.893. The Hall–Kier alpha value is -4.37. The number of Topliss-reactive ketones (excluding diaryl/α,β-unsaturated/α-hetero) is 1. The number of rotatable bonds is 4. The second-order valence-corrected chi connectivity index (χ2v) is 10.2. The number of hydrogen-bond acceptors (Lipinski definition) is 8. The minimum absolute atomic E-state index is 0.0241. The highest BCUT2D eigenvalue weighted by atomic mass is 32.1. The van der Waals surface area contributed by atoms with Crippen LogP contribution in [0, 0.1) is 13.8 Å². The molecule has 1 unspecified atom stereocenters. The Bertz CT molecular complexity index is 1640. The molecule has 0 aliphatic carbocycles. The number of aliphatic hydroxyl groups is 1. The van der Waals surface area contributed by atoms with Crippen LogP contribution in [0.2, 0.25) is 0 Å². The summed E-state index contributed by atoms with van der Waals surface area (Å²) >= 11 is 1.34. The van der Waals surface area contributed by atoms with Gasteiger partial charge in [0.15, 0.2) is 16.6 Å². The Balaban J connectivity index is 1.54. The molecule has 38 heavy (non-hydrogen) atoms. The van der Waals surface area contributed by atoms with E-state index in [1.807, 2.05) is 26.0 Å². The Labute approximate surface area is 222 Å². The van der Waals surface area contributed by atoms with Gasteiger partial charge in [-0.25, -0.2) is 4.98 Å². The summed E-state index contributed by atoms with van der Waals surface area (Å²) in [5.74, 6) is -0.184. The molecule has 3 heterocycles. The molecule has 9 heteroatoms. The van der Waals surface area contributed by atoms with Crippen LogP contribution in [-0.4, -0.2) is 42.1 Å². The van der Waals surface area contributed by atoms with Crippen molar-refractivity contribution in [2.24, 2.45) is 0 Å². The highest BCUT2D eigenvalue weighted by molar-refractivity contribution is 7.22. The number of ether oxygens (including phenoxy) is 3. The van der Waals surface area contributed by atoms with Gasteiger partial charge in [0.2, 0.25) is 0 Å². The lowest BCUT2D eigenvalue weighted by atomic mass is 9.95. The van der Waals surface area contributed by atoms with Crippen molar-refractivity contribution in [1.82, 2.24) is 4.98 Å². The van der Waals surface area contributed by atoms with E-state index in [0.717, 1.165) is 21.3 Å². The Morgan fingerprint density at radius 3 is 2.50 bits per heavy atom. The van der Waals surface area contributed by atoms with Crippen molar-refractivity contribution in [1.29, 1.82) is 0 Å². The number of nitrogens with zero attached hydrogens (tertiary/aromatic N) is 2. The number of amides is 1.